The normalized spacial score (nSPS) is 12.4. The summed E-state index contributed by atoms with van der Waals surface area (Å²) in [5.41, 5.74) is 11.1. The van der Waals surface area contributed by atoms with Gasteiger partial charge in [0, 0.05) is 17.5 Å². The number of hydrogen-bond acceptors (Lipinski definition) is 1. The number of hydrogen-bond donors (Lipinski definition) is 0. The molecule has 0 saturated heterocycles. The van der Waals surface area contributed by atoms with Gasteiger partial charge < -0.3 is 0 Å². The number of carbonyl (C=O) groups is 1. The lowest BCUT2D eigenvalue weighted by atomic mass is 9.78. The Bertz CT molecular complexity index is 1170. The van der Waals surface area contributed by atoms with Crippen LogP contribution in [0.4, 0.5) is 0 Å². The highest BCUT2D eigenvalue weighted by Gasteiger charge is 2.27. The van der Waals surface area contributed by atoms with E-state index in [2.05, 4.69) is 74.5 Å². The van der Waals surface area contributed by atoms with Gasteiger partial charge in [0.1, 0.15) is 0 Å². The Kier molecular flexibility index (Phi) is 4.17. The fourth-order valence-corrected chi connectivity index (χ4v) is 4.56. The first-order chi connectivity index (χ1) is 14.1. The van der Waals surface area contributed by atoms with E-state index in [1.165, 1.54) is 33.4 Å². The summed E-state index contributed by atoms with van der Waals surface area (Å²) in [5.74, 6) is 0.132. The Morgan fingerprint density at radius 3 is 1.31 bits per heavy atom. The van der Waals surface area contributed by atoms with Gasteiger partial charge in [-0.15, -0.1) is 0 Å². The molecule has 1 aliphatic carbocycles. The van der Waals surface area contributed by atoms with Crippen molar-refractivity contribution in [2.45, 2.75) is 20.3 Å². The molecule has 0 aliphatic heterocycles. The molecule has 0 N–H and O–H groups in total. The van der Waals surface area contributed by atoms with Gasteiger partial charge in [0.05, 0.1) is 0 Å². The minimum absolute atomic E-state index is 0.132. The van der Waals surface area contributed by atoms with E-state index < -0.39 is 0 Å². The standard InChI is InChI=1S/C28H22O/c1-18-9-3-5-11-20(18)22-13-7-15-24-26(22)17-27-23(14-8-16-25(27)28(24)29)21-12-6-4-10-19(21)2/h3-16H,17H2,1-2H3. The van der Waals surface area contributed by atoms with Crippen LogP contribution in [0.2, 0.25) is 0 Å². The van der Waals surface area contributed by atoms with Gasteiger partial charge in [0.25, 0.3) is 0 Å². The van der Waals surface area contributed by atoms with Crippen molar-refractivity contribution in [3.05, 3.63) is 118 Å². The zero-order chi connectivity index (χ0) is 20.0. The third kappa shape index (κ3) is 2.82. The number of benzene rings is 4. The van der Waals surface area contributed by atoms with Crippen LogP contribution in [0.5, 0.6) is 0 Å². The lowest BCUT2D eigenvalue weighted by Gasteiger charge is -2.25. The van der Waals surface area contributed by atoms with Crippen molar-refractivity contribution in [1.82, 2.24) is 0 Å². The molecule has 0 bridgehead atoms. The number of carbonyl (C=O) groups excluding carboxylic acids is 1. The van der Waals surface area contributed by atoms with E-state index in [4.69, 9.17) is 0 Å². The van der Waals surface area contributed by atoms with Crippen molar-refractivity contribution in [2.75, 3.05) is 0 Å². The first-order valence-corrected chi connectivity index (χ1v) is 10.1. The van der Waals surface area contributed by atoms with Crippen LogP contribution in [-0.2, 0) is 6.42 Å². The monoisotopic (exact) mass is 374 g/mol. The highest BCUT2D eigenvalue weighted by atomic mass is 16.1. The summed E-state index contributed by atoms with van der Waals surface area (Å²) in [5, 5.41) is 0. The van der Waals surface area contributed by atoms with E-state index in [9.17, 15) is 4.79 Å². The summed E-state index contributed by atoms with van der Waals surface area (Å²) in [6, 6.07) is 29.1. The van der Waals surface area contributed by atoms with Gasteiger partial charge in [-0.1, -0.05) is 84.9 Å². The highest BCUT2D eigenvalue weighted by molar-refractivity contribution is 6.14. The van der Waals surface area contributed by atoms with Crippen molar-refractivity contribution < 1.29 is 4.79 Å². The molecular weight excluding hydrogens is 352 g/mol. The second-order valence-corrected chi connectivity index (χ2v) is 7.80. The molecule has 0 unspecified atom stereocenters. The number of rotatable bonds is 2. The Morgan fingerprint density at radius 2 is 0.862 bits per heavy atom. The lowest BCUT2D eigenvalue weighted by molar-refractivity contribution is 0.103. The smallest absolute Gasteiger partial charge is 0.193 e. The molecule has 0 amide bonds. The summed E-state index contributed by atoms with van der Waals surface area (Å²) in [6.45, 7) is 4.26. The van der Waals surface area contributed by atoms with Crippen LogP contribution in [0.1, 0.15) is 38.2 Å². The average molecular weight is 374 g/mol. The predicted octanol–water partition coefficient (Wildman–Crippen LogP) is 6.77. The summed E-state index contributed by atoms with van der Waals surface area (Å²) in [7, 11) is 0. The molecule has 0 aromatic heterocycles. The van der Waals surface area contributed by atoms with E-state index in [1.54, 1.807) is 0 Å². The molecule has 29 heavy (non-hydrogen) atoms. The van der Waals surface area contributed by atoms with Crippen LogP contribution in [0.25, 0.3) is 22.3 Å². The third-order valence-electron chi connectivity index (χ3n) is 6.07. The van der Waals surface area contributed by atoms with E-state index in [0.717, 1.165) is 28.7 Å². The molecule has 0 radical (unpaired) electrons. The molecule has 4 aromatic rings. The second kappa shape index (κ2) is 6.86. The summed E-state index contributed by atoms with van der Waals surface area (Å²) in [6.07, 6.45) is 0.769. The van der Waals surface area contributed by atoms with Gasteiger partial charge >= 0.3 is 0 Å². The molecule has 1 aliphatic rings. The lowest BCUT2D eigenvalue weighted by Crippen LogP contribution is -2.17. The van der Waals surface area contributed by atoms with Gasteiger partial charge in [0.15, 0.2) is 5.78 Å². The van der Waals surface area contributed by atoms with Crippen molar-refractivity contribution >= 4 is 5.78 Å². The van der Waals surface area contributed by atoms with Crippen molar-refractivity contribution in [3.63, 3.8) is 0 Å². The Morgan fingerprint density at radius 1 is 0.483 bits per heavy atom. The van der Waals surface area contributed by atoms with Crippen LogP contribution in [0.15, 0.2) is 84.9 Å². The fourth-order valence-electron chi connectivity index (χ4n) is 4.56. The second-order valence-electron chi connectivity index (χ2n) is 7.80. The Hall–Kier alpha value is -3.45. The molecular formula is C28H22O. The van der Waals surface area contributed by atoms with Crippen molar-refractivity contribution in [2.24, 2.45) is 0 Å². The summed E-state index contributed by atoms with van der Waals surface area (Å²) in [4.78, 5) is 13.4. The molecule has 0 heterocycles. The molecule has 1 nitrogen and oxygen atoms in total. The Balaban J connectivity index is 1.74. The van der Waals surface area contributed by atoms with E-state index in [0.29, 0.717) is 0 Å². The van der Waals surface area contributed by atoms with Crippen LogP contribution in [-0.4, -0.2) is 5.78 Å². The average Bonchev–Trinajstić information content (AvgIpc) is 2.74. The molecule has 0 saturated carbocycles. The number of aryl methyl sites for hydroxylation is 2. The van der Waals surface area contributed by atoms with Crippen molar-refractivity contribution in [3.8, 4) is 22.3 Å². The van der Waals surface area contributed by atoms with Gasteiger partial charge in [-0.3, -0.25) is 4.79 Å². The van der Waals surface area contributed by atoms with Crippen LogP contribution in [0, 0.1) is 13.8 Å². The quantitative estimate of drug-likeness (QED) is 0.333. The number of fused-ring (bicyclic) bond motifs is 2. The fraction of sp³-hybridized carbons (Fsp3) is 0.107. The van der Waals surface area contributed by atoms with Crippen LogP contribution in [0.3, 0.4) is 0 Å². The van der Waals surface area contributed by atoms with Crippen LogP contribution >= 0.6 is 0 Å². The largest absolute Gasteiger partial charge is 0.289 e. The maximum atomic E-state index is 13.4. The zero-order valence-electron chi connectivity index (χ0n) is 16.7. The molecule has 5 rings (SSSR count). The van der Waals surface area contributed by atoms with Gasteiger partial charge in [-0.05, 0) is 58.4 Å². The molecule has 140 valence electrons. The van der Waals surface area contributed by atoms with E-state index in [-0.39, 0.29) is 5.78 Å². The maximum absolute atomic E-state index is 13.4. The van der Waals surface area contributed by atoms with Crippen LogP contribution < -0.4 is 0 Å². The van der Waals surface area contributed by atoms with Gasteiger partial charge in [-0.25, -0.2) is 0 Å². The molecule has 0 fully saturated rings. The highest BCUT2D eigenvalue weighted by Crippen LogP contribution is 2.39. The molecule has 0 spiro atoms. The minimum atomic E-state index is 0.132. The van der Waals surface area contributed by atoms with Gasteiger partial charge in [0.2, 0.25) is 0 Å². The Labute approximate surface area is 171 Å². The van der Waals surface area contributed by atoms with Gasteiger partial charge in [-0.2, -0.15) is 0 Å². The van der Waals surface area contributed by atoms with E-state index in [1.807, 2.05) is 24.3 Å². The molecule has 0 atom stereocenters. The number of ketones is 1. The summed E-state index contributed by atoms with van der Waals surface area (Å²) >= 11 is 0. The predicted molar refractivity (Wildman–Crippen MR) is 119 cm³/mol. The SMILES string of the molecule is Cc1ccccc1-c1cccc2c1Cc1c(cccc1-c1ccccc1C)C2=O. The molecule has 1 heteroatoms. The maximum Gasteiger partial charge on any atom is 0.193 e. The zero-order valence-corrected chi connectivity index (χ0v) is 16.7. The van der Waals surface area contributed by atoms with Crippen molar-refractivity contribution in [1.29, 1.82) is 0 Å². The molecule has 4 aromatic carbocycles. The first kappa shape index (κ1) is 17.6. The van der Waals surface area contributed by atoms with E-state index >= 15 is 0 Å². The first-order valence-electron chi connectivity index (χ1n) is 10.1. The topological polar surface area (TPSA) is 17.1 Å². The third-order valence-corrected chi connectivity index (χ3v) is 6.07. The summed E-state index contributed by atoms with van der Waals surface area (Å²) < 4.78 is 0. The minimum Gasteiger partial charge on any atom is -0.289 e.